The molecule has 27 heavy (non-hydrogen) atoms. The molecular weight excluding hydrogens is 368 g/mol. The Bertz CT molecular complexity index is 861. The van der Waals surface area contributed by atoms with Crippen molar-refractivity contribution < 1.29 is 23.9 Å². The van der Waals surface area contributed by atoms with Crippen molar-refractivity contribution in [3.8, 4) is 0 Å². The van der Waals surface area contributed by atoms with Crippen molar-refractivity contribution in [3.05, 3.63) is 64.2 Å². The van der Waals surface area contributed by atoms with Gasteiger partial charge in [-0.3, -0.25) is 9.59 Å². The van der Waals surface area contributed by atoms with Crippen molar-refractivity contribution in [2.75, 3.05) is 25.6 Å². The summed E-state index contributed by atoms with van der Waals surface area (Å²) in [6.45, 7) is -0.272. The molecule has 1 N–H and O–H groups in total. The van der Waals surface area contributed by atoms with E-state index in [9.17, 15) is 14.4 Å². The molecule has 1 aliphatic rings. The Balaban J connectivity index is 1.60. The Labute approximate surface area is 160 Å². The van der Waals surface area contributed by atoms with Crippen LogP contribution >= 0.6 is 11.3 Å². The molecule has 2 heterocycles. The highest BCUT2D eigenvalue weighted by molar-refractivity contribution is 7.07. The van der Waals surface area contributed by atoms with Gasteiger partial charge in [0, 0.05) is 19.3 Å². The average Bonchev–Trinajstić information content (AvgIpc) is 3.30. The van der Waals surface area contributed by atoms with Gasteiger partial charge in [0.1, 0.15) is 0 Å². The second-order valence-corrected chi connectivity index (χ2v) is 6.64. The van der Waals surface area contributed by atoms with Crippen molar-refractivity contribution in [2.45, 2.75) is 6.54 Å². The molecule has 1 amide bonds. The number of esters is 1. The molecule has 0 unspecified atom stereocenters. The lowest BCUT2D eigenvalue weighted by molar-refractivity contribution is -0.149. The van der Waals surface area contributed by atoms with Gasteiger partial charge in [-0.2, -0.15) is 11.3 Å². The van der Waals surface area contributed by atoms with Gasteiger partial charge < -0.3 is 19.7 Å². The summed E-state index contributed by atoms with van der Waals surface area (Å²) >= 11 is 1.54. The number of benzene rings is 1. The number of carbonyl (C=O) groups is 3. The molecule has 1 aromatic heterocycles. The number of nitrogens with one attached hydrogen (secondary N) is 1. The molecule has 1 aromatic carbocycles. The number of ketones is 1. The predicted molar refractivity (Wildman–Crippen MR) is 99.8 cm³/mol. The molecule has 0 saturated carbocycles. The number of nitrogens with zero attached hydrogens (tertiary/aromatic N) is 1. The van der Waals surface area contributed by atoms with Gasteiger partial charge in [0.15, 0.2) is 18.8 Å². The smallest absolute Gasteiger partial charge is 0.347 e. The van der Waals surface area contributed by atoms with E-state index in [1.54, 1.807) is 42.6 Å². The fraction of sp³-hybridized carbons (Fsp3) is 0.211. The van der Waals surface area contributed by atoms with Crippen LogP contribution in [0.2, 0.25) is 0 Å². The second kappa shape index (κ2) is 8.50. The van der Waals surface area contributed by atoms with Crippen LogP contribution in [0, 0.1) is 0 Å². The van der Waals surface area contributed by atoms with Gasteiger partial charge >= 0.3 is 5.97 Å². The highest BCUT2D eigenvalue weighted by atomic mass is 32.1. The molecule has 0 spiro atoms. The fourth-order valence-corrected chi connectivity index (χ4v) is 3.08. The van der Waals surface area contributed by atoms with E-state index in [1.807, 2.05) is 22.9 Å². The maximum Gasteiger partial charge on any atom is 0.347 e. The fourth-order valence-electron chi connectivity index (χ4n) is 2.42. The van der Waals surface area contributed by atoms with Gasteiger partial charge in [-0.05, 0) is 34.5 Å². The standard InChI is InChI=1S/C19H18N2O5S/c1-21(9-13-7-8-27-12-13)16(23)11-26-19(24)17-15(22)10-25-18(17)20-14-5-3-2-4-6-14/h2-8,12,20H,9-11H2,1H3. The van der Waals surface area contributed by atoms with Crippen LogP contribution in [0.15, 0.2) is 58.6 Å². The van der Waals surface area contributed by atoms with Gasteiger partial charge in [0.2, 0.25) is 11.7 Å². The number of ether oxygens (including phenoxy) is 2. The SMILES string of the molecule is CN(Cc1ccsc1)C(=O)COC(=O)C1=C(Nc2ccccc2)OCC1=O. The Morgan fingerprint density at radius 3 is 2.74 bits per heavy atom. The van der Waals surface area contributed by atoms with E-state index in [1.165, 1.54) is 4.90 Å². The van der Waals surface area contributed by atoms with Crippen LogP contribution < -0.4 is 5.32 Å². The van der Waals surface area contributed by atoms with Gasteiger partial charge in [-0.15, -0.1) is 0 Å². The first-order valence-corrected chi connectivity index (χ1v) is 9.13. The van der Waals surface area contributed by atoms with Crippen LogP contribution in [0.4, 0.5) is 5.69 Å². The largest absolute Gasteiger partial charge is 0.470 e. The minimum Gasteiger partial charge on any atom is -0.470 e. The van der Waals surface area contributed by atoms with Gasteiger partial charge in [-0.25, -0.2) is 4.79 Å². The summed E-state index contributed by atoms with van der Waals surface area (Å²) in [4.78, 5) is 37.9. The normalized spacial score (nSPS) is 13.3. The summed E-state index contributed by atoms with van der Waals surface area (Å²) in [6, 6.07) is 10.9. The van der Waals surface area contributed by atoms with Crippen molar-refractivity contribution >= 4 is 34.7 Å². The molecule has 3 rings (SSSR count). The van der Waals surface area contributed by atoms with Crippen LogP contribution in [0.3, 0.4) is 0 Å². The average molecular weight is 386 g/mol. The molecular formula is C19H18N2O5S. The molecule has 0 aliphatic carbocycles. The first-order chi connectivity index (χ1) is 13.0. The van der Waals surface area contributed by atoms with Crippen LogP contribution in [0.1, 0.15) is 5.56 Å². The van der Waals surface area contributed by atoms with Crippen LogP contribution in [0.25, 0.3) is 0 Å². The Morgan fingerprint density at radius 1 is 1.26 bits per heavy atom. The van der Waals surface area contributed by atoms with Crippen molar-refractivity contribution in [1.29, 1.82) is 0 Å². The van der Waals surface area contributed by atoms with Crippen LogP contribution in [-0.2, 0) is 30.4 Å². The third-order valence-electron chi connectivity index (χ3n) is 3.84. The molecule has 0 radical (unpaired) electrons. The molecule has 0 fully saturated rings. The molecule has 0 atom stereocenters. The summed E-state index contributed by atoms with van der Waals surface area (Å²) < 4.78 is 10.3. The number of rotatable bonds is 7. The number of anilines is 1. The number of para-hydroxylation sites is 1. The molecule has 1 aliphatic heterocycles. The van der Waals surface area contributed by atoms with Crippen LogP contribution in [0.5, 0.6) is 0 Å². The van der Waals surface area contributed by atoms with E-state index >= 15 is 0 Å². The Kier molecular flexibility index (Phi) is 5.87. The van der Waals surface area contributed by atoms with Gasteiger partial charge in [0.05, 0.1) is 0 Å². The number of hydrogen-bond donors (Lipinski definition) is 1. The minimum absolute atomic E-state index is 0.0373. The quantitative estimate of drug-likeness (QED) is 0.580. The van der Waals surface area contributed by atoms with E-state index in [4.69, 9.17) is 9.47 Å². The highest BCUT2D eigenvalue weighted by Gasteiger charge is 2.33. The number of amides is 1. The first kappa shape index (κ1) is 18.7. The van der Waals surface area contributed by atoms with Crippen LogP contribution in [-0.4, -0.2) is 42.8 Å². The van der Waals surface area contributed by atoms with E-state index < -0.39 is 18.4 Å². The number of hydrogen-bond acceptors (Lipinski definition) is 7. The number of likely N-dealkylation sites (N-methyl/N-ethyl adjacent to an activating group) is 1. The van der Waals surface area contributed by atoms with Crippen molar-refractivity contribution in [3.63, 3.8) is 0 Å². The van der Waals surface area contributed by atoms with Gasteiger partial charge in [-0.1, -0.05) is 18.2 Å². The molecule has 8 heteroatoms. The highest BCUT2D eigenvalue weighted by Crippen LogP contribution is 2.20. The summed E-state index contributed by atoms with van der Waals surface area (Å²) in [5.74, 6) is -1.69. The zero-order valence-corrected chi connectivity index (χ0v) is 15.5. The Morgan fingerprint density at radius 2 is 2.04 bits per heavy atom. The third kappa shape index (κ3) is 4.73. The maximum atomic E-state index is 12.3. The van der Waals surface area contributed by atoms with Gasteiger partial charge in [0.25, 0.3) is 5.91 Å². The van der Waals surface area contributed by atoms with E-state index in [0.29, 0.717) is 12.2 Å². The van der Waals surface area contributed by atoms with Crippen molar-refractivity contribution in [2.24, 2.45) is 0 Å². The van der Waals surface area contributed by atoms with Crippen molar-refractivity contribution in [1.82, 2.24) is 4.90 Å². The maximum absolute atomic E-state index is 12.3. The number of Topliss-reactive ketones (excluding diaryl/α,β-unsaturated/α-hetero) is 1. The lowest BCUT2D eigenvalue weighted by Gasteiger charge is -2.16. The lowest BCUT2D eigenvalue weighted by Crippen LogP contribution is -2.31. The monoisotopic (exact) mass is 386 g/mol. The predicted octanol–water partition coefficient (Wildman–Crippen LogP) is 2.17. The molecule has 140 valence electrons. The molecule has 2 aromatic rings. The third-order valence-corrected chi connectivity index (χ3v) is 4.57. The molecule has 0 bridgehead atoms. The summed E-state index contributed by atoms with van der Waals surface area (Å²) in [7, 11) is 1.62. The zero-order chi connectivity index (χ0) is 19.2. The lowest BCUT2D eigenvalue weighted by atomic mass is 10.2. The topological polar surface area (TPSA) is 84.9 Å². The second-order valence-electron chi connectivity index (χ2n) is 5.86. The van der Waals surface area contributed by atoms with E-state index in [0.717, 1.165) is 5.56 Å². The Hall–Kier alpha value is -3.13. The van der Waals surface area contributed by atoms with E-state index in [-0.39, 0.29) is 24.0 Å². The summed E-state index contributed by atoms with van der Waals surface area (Å²) in [5, 5.41) is 6.75. The number of thiophene rings is 1. The molecule has 7 nitrogen and oxygen atoms in total. The zero-order valence-electron chi connectivity index (χ0n) is 14.6. The summed E-state index contributed by atoms with van der Waals surface area (Å²) in [6.07, 6.45) is 0. The first-order valence-electron chi connectivity index (χ1n) is 8.19. The molecule has 0 saturated heterocycles. The number of carbonyl (C=O) groups excluding carboxylic acids is 3. The summed E-state index contributed by atoms with van der Waals surface area (Å²) in [5.41, 5.74) is 1.45. The van der Waals surface area contributed by atoms with E-state index in [2.05, 4.69) is 5.32 Å². The minimum atomic E-state index is -0.881.